The van der Waals surface area contributed by atoms with E-state index in [0.717, 1.165) is 22.3 Å². The summed E-state index contributed by atoms with van der Waals surface area (Å²) in [4.78, 5) is 0. The van der Waals surface area contributed by atoms with Crippen molar-refractivity contribution in [2.75, 3.05) is 0 Å². The highest BCUT2D eigenvalue weighted by Gasteiger charge is 2.01. The summed E-state index contributed by atoms with van der Waals surface area (Å²) in [6, 6.07) is 15.2. The molecule has 0 aliphatic rings. The van der Waals surface area contributed by atoms with E-state index in [1.54, 1.807) is 6.07 Å². The lowest BCUT2D eigenvalue weighted by Gasteiger charge is -1.99. The molecule has 0 fully saturated rings. The molecule has 0 bridgehead atoms. The van der Waals surface area contributed by atoms with Gasteiger partial charge in [-0.05, 0) is 30.5 Å². The molecular formula is C16H17ClN2O2. The van der Waals surface area contributed by atoms with Crippen LogP contribution in [-0.2, 0) is 0 Å². The molecule has 0 spiro atoms. The average Bonchev–Trinajstić information content (AvgIpc) is 2.50. The molecule has 21 heavy (non-hydrogen) atoms. The van der Waals surface area contributed by atoms with E-state index in [0.29, 0.717) is 0 Å². The van der Waals surface area contributed by atoms with Crippen molar-refractivity contribution in [3.05, 3.63) is 70.8 Å². The van der Waals surface area contributed by atoms with Gasteiger partial charge >= 0.3 is 0 Å². The summed E-state index contributed by atoms with van der Waals surface area (Å²) < 4.78 is 0. The molecule has 0 atom stereocenters. The Hall–Kier alpha value is -2.33. The first-order valence-electron chi connectivity index (χ1n) is 6.26. The van der Waals surface area contributed by atoms with Gasteiger partial charge in [0.1, 0.15) is 0 Å². The second-order valence-electron chi connectivity index (χ2n) is 4.31. The zero-order valence-corrected chi connectivity index (χ0v) is 12.6. The van der Waals surface area contributed by atoms with Crippen LogP contribution >= 0.6 is 11.6 Å². The maximum Gasteiger partial charge on any atom is 0.175 e. The van der Waals surface area contributed by atoms with Crippen LogP contribution in [0.1, 0.15) is 22.3 Å². The summed E-state index contributed by atoms with van der Waals surface area (Å²) in [6.45, 7) is 3.87. The number of oxime groups is 2. The first-order valence-corrected chi connectivity index (χ1v) is 6.64. The van der Waals surface area contributed by atoms with E-state index in [2.05, 4.69) is 10.3 Å². The van der Waals surface area contributed by atoms with E-state index < -0.39 is 0 Å². The van der Waals surface area contributed by atoms with Gasteiger partial charge in [-0.15, -0.1) is 0 Å². The Labute approximate surface area is 129 Å². The Kier molecular flexibility index (Phi) is 6.98. The number of aryl methyl sites for hydroxylation is 2. The fraction of sp³-hybridized carbons (Fsp3) is 0.125. The largest absolute Gasteiger partial charge is 0.411 e. The molecule has 0 saturated carbocycles. The molecule has 110 valence electrons. The van der Waals surface area contributed by atoms with E-state index >= 15 is 0 Å². The third-order valence-corrected chi connectivity index (χ3v) is 3.12. The van der Waals surface area contributed by atoms with Gasteiger partial charge in [-0.2, -0.15) is 0 Å². The molecule has 2 N–H and O–H groups in total. The highest BCUT2D eigenvalue weighted by atomic mass is 35.5. The van der Waals surface area contributed by atoms with Gasteiger partial charge in [0.25, 0.3) is 0 Å². The summed E-state index contributed by atoms with van der Waals surface area (Å²) in [7, 11) is 0. The first kappa shape index (κ1) is 16.7. The van der Waals surface area contributed by atoms with Gasteiger partial charge in [0, 0.05) is 5.56 Å². The summed E-state index contributed by atoms with van der Waals surface area (Å²) >= 11 is 5.60. The number of benzene rings is 2. The summed E-state index contributed by atoms with van der Waals surface area (Å²) in [5.41, 5.74) is 3.82. The normalized spacial score (nSPS) is 11.1. The van der Waals surface area contributed by atoms with Crippen LogP contribution in [0.4, 0.5) is 0 Å². The van der Waals surface area contributed by atoms with E-state index in [-0.39, 0.29) is 5.17 Å². The van der Waals surface area contributed by atoms with Crippen LogP contribution in [0.5, 0.6) is 0 Å². The van der Waals surface area contributed by atoms with Gasteiger partial charge in [-0.25, -0.2) is 0 Å². The Morgan fingerprint density at radius 2 is 1.52 bits per heavy atom. The molecule has 0 heterocycles. The third kappa shape index (κ3) is 5.28. The molecule has 0 aromatic heterocycles. The monoisotopic (exact) mass is 304 g/mol. The smallest absolute Gasteiger partial charge is 0.175 e. The molecule has 2 aromatic carbocycles. The molecule has 0 aliphatic heterocycles. The molecule has 0 amide bonds. The molecule has 0 unspecified atom stereocenters. The Balaban J connectivity index is 0.000000211. The number of hydrogen-bond acceptors (Lipinski definition) is 4. The number of halogens is 1. The van der Waals surface area contributed by atoms with Crippen LogP contribution in [0.15, 0.2) is 58.8 Å². The fourth-order valence-electron chi connectivity index (χ4n) is 1.65. The van der Waals surface area contributed by atoms with Crippen molar-refractivity contribution < 1.29 is 10.4 Å². The SMILES string of the molecule is Cc1ccccc1/C(Cl)=N\O.Cc1ccccc1/C=N\O. The van der Waals surface area contributed by atoms with Crippen molar-refractivity contribution in [1.82, 2.24) is 0 Å². The summed E-state index contributed by atoms with van der Waals surface area (Å²) in [5, 5.41) is 22.6. The lowest BCUT2D eigenvalue weighted by atomic mass is 10.1. The second kappa shape index (κ2) is 8.76. The van der Waals surface area contributed by atoms with Crippen LogP contribution in [0, 0.1) is 13.8 Å². The average molecular weight is 305 g/mol. The van der Waals surface area contributed by atoms with Crippen LogP contribution in [0.3, 0.4) is 0 Å². The quantitative estimate of drug-likeness (QED) is 0.497. The van der Waals surface area contributed by atoms with Gasteiger partial charge in [-0.1, -0.05) is 70.4 Å². The van der Waals surface area contributed by atoms with E-state index in [4.69, 9.17) is 22.0 Å². The third-order valence-electron chi connectivity index (χ3n) is 2.84. The predicted octanol–water partition coefficient (Wildman–Crippen LogP) is 4.17. The Morgan fingerprint density at radius 3 is 2.05 bits per heavy atom. The van der Waals surface area contributed by atoms with Crippen molar-refractivity contribution in [2.45, 2.75) is 13.8 Å². The van der Waals surface area contributed by atoms with E-state index in [1.807, 2.05) is 56.3 Å². The lowest BCUT2D eigenvalue weighted by molar-refractivity contribution is 0.320. The molecule has 2 rings (SSSR count). The number of rotatable bonds is 2. The van der Waals surface area contributed by atoms with Crippen molar-refractivity contribution >= 4 is 23.0 Å². The van der Waals surface area contributed by atoms with Crippen LogP contribution in [-0.4, -0.2) is 21.8 Å². The van der Waals surface area contributed by atoms with Crippen molar-refractivity contribution in [1.29, 1.82) is 0 Å². The van der Waals surface area contributed by atoms with Gasteiger partial charge in [-0.3, -0.25) is 0 Å². The van der Waals surface area contributed by atoms with E-state index in [1.165, 1.54) is 6.21 Å². The first-order chi connectivity index (χ1) is 10.1. The molecule has 0 radical (unpaired) electrons. The van der Waals surface area contributed by atoms with E-state index in [9.17, 15) is 0 Å². The summed E-state index contributed by atoms with van der Waals surface area (Å²) in [6.07, 6.45) is 1.43. The Bertz CT molecular complexity index is 640. The minimum Gasteiger partial charge on any atom is -0.411 e. The minimum atomic E-state index is 0.128. The fourth-order valence-corrected chi connectivity index (χ4v) is 1.86. The zero-order chi connectivity index (χ0) is 15.7. The van der Waals surface area contributed by atoms with Crippen LogP contribution in [0.2, 0.25) is 0 Å². The molecule has 4 nitrogen and oxygen atoms in total. The number of nitrogens with zero attached hydrogens (tertiary/aromatic N) is 2. The molecule has 2 aromatic rings. The van der Waals surface area contributed by atoms with Gasteiger partial charge in [0.2, 0.25) is 0 Å². The van der Waals surface area contributed by atoms with Crippen molar-refractivity contribution in [3.63, 3.8) is 0 Å². The summed E-state index contributed by atoms with van der Waals surface area (Å²) in [5.74, 6) is 0. The zero-order valence-electron chi connectivity index (χ0n) is 11.9. The molecule has 5 heteroatoms. The standard InChI is InChI=1S/C8H8ClNO.C8H9NO/c1-6-4-2-3-5-7(6)8(9)10-11;1-7-4-2-3-5-8(7)6-9-10/h2-5,11H,1H3;2-6,10H,1H3/b10-8+;9-6-. The maximum atomic E-state index is 8.37. The molecule has 0 aliphatic carbocycles. The van der Waals surface area contributed by atoms with Crippen LogP contribution < -0.4 is 0 Å². The topological polar surface area (TPSA) is 65.2 Å². The van der Waals surface area contributed by atoms with Crippen molar-refractivity contribution in [2.24, 2.45) is 10.3 Å². The lowest BCUT2D eigenvalue weighted by Crippen LogP contribution is -1.93. The predicted molar refractivity (Wildman–Crippen MR) is 85.9 cm³/mol. The Morgan fingerprint density at radius 1 is 0.952 bits per heavy atom. The van der Waals surface area contributed by atoms with Crippen LogP contribution in [0.25, 0.3) is 0 Å². The highest BCUT2D eigenvalue weighted by molar-refractivity contribution is 6.69. The highest BCUT2D eigenvalue weighted by Crippen LogP contribution is 2.10. The molecular weight excluding hydrogens is 288 g/mol. The minimum absolute atomic E-state index is 0.128. The maximum absolute atomic E-state index is 8.37. The van der Waals surface area contributed by atoms with Gasteiger partial charge < -0.3 is 10.4 Å². The van der Waals surface area contributed by atoms with Gasteiger partial charge in [0.15, 0.2) is 5.17 Å². The number of hydrogen-bond donors (Lipinski definition) is 2. The molecule has 0 saturated heterocycles. The van der Waals surface area contributed by atoms with Gasteiger partial charge in [0.05, 0.1) is 6.21 Å². The second-order valence-corrected chi connectivity index (χ2v) is 4.66. The van der Waals surface area contributed by atoms with Crippen molar-refractivity contribution in [3.8, 4) is 0 Å².